The van der Waals surface area contributed by atoms with Crippen LogP contribution in [-0.4, -0.2) is 12.0 Å². The third-order valence-electron chi connectivity index (χ3n) is 3.52. The van der Waals surface area contributed by atoms with Crippen LogP contribution in [0.4, 0.5) is 5.69 Å². The molecule has 5 nitrogen and oxygen atoms in total. The molecule has 0 amide bonds. The van der Waals surface area contributed by atoms with E-state index in [0.717, 1.165) is 16.8 Å². The van der Waals surface area contributed by atoms with Gasteiger partial charge in [-0.2, -0.15) is 0 Å². The minimum Gasteiger partial charge on any atom is -0.496 e. The first-order valence-corrected chi connectivity index (χ1v) is 6.55. The lowest BCUT2D eigenvalue weighted by molar-refractivity contribution is -0.427. The standard InChI is InChI=1S/C16H14N2O3/c1-21-15-9-5-3-7-12(15)16-14(18(19)20)10-11-6-2-4-8-13(11)17-16/h2-10,16-17H,1H3. The van der Waals surface area contributed by atoms with Crippen LogP contribution in [0.3, 0.4) is 0 Å². The van der Waals surface area contributed by atoms with Crippen molar-refractivity contribution >= 4 is 11.8 Å². The topological polar surface area (TPSA) is 64.4 Å². The zero-order chi connectivity index (χ0) is 14.8. The quantitative estimate of drug-likeness (QED) is 0.691. The Morgan fingerprint density at radius 2 is 1.86 bits per heavy atom. The molecule has 21 heavy (non-hydrogen) atoms. The molecular weight excluding hydrogens is 268 g/mol. The number of nitro groups is 1. The van der Waals surface area contributed by atoms with Crippen molar-refractivity contribution in [3.8, 4) is 5.75 Å². The van der Waals surface area contributed by atoms with Gasteiger partial charge in [0.2, 0.25) is 0 Å². The van der Waals surface area contributed by atoms with Gasteiger partial charge in [0.05, 0.1) is 12.0 Å². The number of hydrogen-bond donors (Lipinski definition) is 1. The number of para-hydroxylation sites is 2. The number of hydrogen-bond acceptors (Lipinski definition) is 4. The second-order valence-electron chi connectivity index (χ2n) is 4.73. The number of ether oxygens (including phenoxy) is 1. The number of rotatable bonds is 3. The molecule has 1 aliphatic heterocycles. The normalized spacial score (nSPS) is 16.4. The van der Waals surface area contributed by atoms with Crippen LogP contribution in [0.2, 0.25) is 0 Å². The van der Waals surface area contributed by atoms with Crippen LogP contribution in [0, 0.1) is 10.1 Å². The fourth-order valence-electron chi connectivity index (χ4n) is 2.53. The minimum absolute atomic E-state index is 0.109. The van der Waals surface area contributed by atoms with Crippen LogP contribution in [0.15, 0.2) is 54.2 Å². The molecule has 0 aromatic heterocycles. The van der Waals surface area contributed by atoms with Crippen molar-refractivity contribution < 1.29 is 9.66 Å². The molecule has 2 aromatic carbocycles. The molecule has 1 atom stereocenters. The molecule has 106 valence electrons. The van der Waals surface area contributed by atoms with E-state index in [0.29, 0.717) is 5.75 Å². The number of fused-ring (bicyclic) bond motifs is 1. The Bertz CT molecular complexity index is 725. The van der Waals surface area contributed by atoms with Crippen LogP contribution in [-0.2, 0) is 0 Å². The van der Waals surface area contributed by atoms with Crippen molar-refractivity contribution in [2.75, 3.05) is 12.4 Å². The first-order valence-electron chi connectivity index (χ1n) is 6.55. The van der Waals surface area contributed by atoms with E-state index in [1.54, 1.807) is 19.3 Å². The molecule has 0 saturated heterocycles. The zero-order valence-corrected chi connectivity index (χ0v) is 11.4. The molecular formula is C16H14N2O3. The highest BCUT2D eigenvalue weighted by Crippen LogP contribution is 2.38. The number of benzene rings is 2. The molecule has 0 fully saturated rings. The molecule has 0 aliphatic carbocycles. The summed E-state index contributed by atoms with van der Waals surface area (Å²) in [6.45, 7) is 0. The molecule has 0 spiro atoms. The summed E-state index contributed by atoms with van der Waals surface area (Å²) in [5.41, 5.74) is 2.55. The summed E-state index contributed by atoms with van der Waals surface area (Å²) in [6, 6.07) is 14.3. The Hall–Kier alpha value is -2.82. The maximum atomic E-state index is 11.4. The number of nitrogens with one attached hydrogen (secondary N) is 1. The van der Waals surface area contributed by atoms with Gasteiger partial charge >= 0.3 is 0 Å². The highest BCUT2D eigenvalue weighted by atomic mass is 16.6. The van der Waals surface area contributed by atoms with E-state index in [-0.39, 0.29) is 10.6 Å². The number of nitrogens with zero attached hydrogens (tertiary/aromatic N) is 1. The largest absolute Gasteiger partial charge is 0.496 e. The van der Waals surface area contributed by atoms with Gasteiger partial charge in [-0.15, -0.1) is 0 Å². The highest BCUT2D eigenvalue weighted by Gasteiger charge is 2.32. The van der Waals surface area contributed by atoms with E-state index < -0.39 is 6.04 Å². The second kappa shape index (κ2) is 5.28. The van der Waals surface area contributed by atoms with Gasteiger partial charge in [-0.25, -0.2) is 0 Å². The SMILES string of the molecule is COc1ccccc1C1Nc2ccccc2C=C1[N+](=O)[O-]. The van der Waals surface area contributed by atoms with Gasteiger partial charge in [-0.05, 0) is 12.1 Å². The van der Waals surface area contributed by atoms with Crippen LogP contribution in [0.5, 0.6) is 5.75 Å². The lowest BCUT2D eigenvalue weighted by atomic mass is 9.96. The summed E-state index contributed by atoms with van der Waals surface area (Å²) >= 11 is 0. The Kier molecular flexibility index (Phi) is 3.31. The van der Waals surface area contributed by atoms with Crippen LogP contribution in [0.1, 0.15) is 17.2 Å². The van der Waals surface area contributed by atoms with Crippen molar-refractivity contribution in [1.29, 1.82) is 0 Å². The fraction of sp³-hybridized carbons (Fsp3) is 0.125. The van der Waals surface area contributed by atoms with E-state index in [2.05, 4.69) is 5.32 Å². The van der Waals surface area contributed by atoms with Crippen molar-refractivity contribution in [3.05, 3.63) is 75.5 Å². The van der Waals surface area contributed by atoms with Gasteiger partial charge < -0.3 is 10.1 Å². The van der Waals surface area contributed by atoms with E-state index in [4.69, 9.17) is 4.74 Å². The molecule has 0 radical (unpaired) electrons. The van der Waals surface area contributed by atoms with E-state index >= 15 is 0 Å². The van der Waals surface area contributed by atoms with Crippen molar-refractivity contribution in [3.63, 3.8) is 0 Å². The number of methoxy groups -OCH3 is 1. The predicted octanol–water partition coefficient (Wildman–Crippen LogP) is 3.48. The molecule has 0 bridgehead atoms. The molecule has 3 rings (SSSR count). The summed E-state index contributed by atoms with van der Waals surface area (Å²) in [5.74, 6) is 0.627. The zero-order valence-electron chi connectivity index (χ0n) is 11.4. The van der Waals surface area contributed by atoms with Crippen LogP contribution >= 0.6 is 0 Å². The third-order valence-corrected chi connectivity index (χ3v) is 3.52. The van der Waals surface area contributed by atoms with Gasteiger partial charge in [-0.3, -0.25) is 10.1 Å². The third kappa shape index (κ3) is 2.33. The fourth-order valence-corrected chi connectivity index (χ4v) is 2.53. The first kappa shape index (κ1) is 13.2. The Balaban J connectivity index is 2.13. The molecule has 5 heteroatoms. The Morgan fingerprint density at radius 1 is 1.14 bits per heavy atom. The summed E-state index contributed by atoms with van der Waals surface area (Å²) in [7, 11) is 1.56. The monoisotopic (exact) mass is 282 g/mol. The van der Waals surface area contributed by atoms with Crippen LogP contribution in [0.25, 0.3) is 6.08 Å². The minimum atomic E-state index is -0.536. The van der Waals surface area contributed by atoms with Crippen LogP contribution < -0.4 is 10.1 Å². The van der Waals surface area contributed by atoms with E-state index in [9.17, 15) is 10.1 Å². The van der Waals surface area contributed by atoms with Crippen molar-refractivity contribution in [2.45, 2.75) is 6.04 Å². The van der Waals surface area contributed by atoms with Crippen molar-refractivity contribution in [1.82, 2.24) is 0 Å². The first-order chi connectivity index (χ1) is 10.2. The Morgan fingerprint density at radius 3 is 2.62 bits per heavy atom. The molecule has 1 heterocycles. The molecule has 0 saturated carbocycles. The molecule has 2 aromatic rings. The summed E-state index contributed by atoms with van der Waals surface area (Å²) < 4.78 is 5.32. The average Bonchev–Trinajstić information content (AvgIpc) is 2.53. The average molecular weight is 282 g/mol. The number of anilines is 1. The van der Waals surface area contributed by atoms with Gasteiger partial charge in [-0.1, -0.05) is 36.4 Å². The van der Waals surface area contributed by atoms with Gasteiger partial charge in [0.1, 0.15) is 11.8 Å². The lowest BCUT2D eigenvalue weighted by Gasteiger charge is -2.24. The highest BCUT2D eigenvalue weighted by molar-refractivity contribution is 5.73. The summed E-state index contributed by atoms with van der Waals surface area (Å²) in [4.78, 5) is 11.1. The Labute approximate surface area is 122 Å². The van der Waals surface area contributed by atoms with E-state index in [1.807, 2.05) is 42.5 Å². The maximum Gasteiger partial charge on any atom is 0.273 e. The van der Waals surface area contributed by atoms with Gasteiger partial charge in [0.25, 0.3) is 5.70 Å². The predicted molar refractivity (Wildman–Crippen MR) is 80.8 cm³/mol. The van der Waals surface area contributed by atoms with Gasteiger partial charge in [0, 0.05) is 22.9 Å². The summed E-state index contributed by atoms with van der Waals surface area (Å²) in [5, 5.41) is 14.6. The maximum absolute atomic E-state index is 11.4. The van der Waals surface area contributed by atoms with Crippen molar-refractivity contribution in [2.24, 2.45) is 0 Å². The molecule has 1 aliphatic rings. The smallest absolute Gasteiger partial charge is 0.273 e. The van der Waals surface area contributed by atoms with Gasteiger partial charge in [0.15, 0.2) is 0 Å². The molecule has 1 N–H and O–H groups in total. The summed E-state index contributed by atoms with van der Waals surface area (Å²) in [6.07, 6.45) is 1.61. The second-order valence-corrected chi connectivity index (χ2v) is 4.73. The van der Waals surface area contributed by atoms with E-state index in [1.165, 1.54) is 0 Å². The lowest BCUT2D eigenvalue weighted by Crippen LogP contribution is -2.22. The molecule has 1 unspecified atom stereocenters.